The van der Waals surface area contributed by atoms with Crippen molar-refractivity contribution in [1.82, 2.24) is 0 Å². The van der Waals surface area contributed by atoms with E-state index in [4.69, 9.17) is 11.6 Å². The largest absolute Gasteiger partial charge is 0.206 e. The van der Waals surface area contributed by atoms with E-state index in [9.17, 15) is 4.39 Å². The Morgan fingerprint density at radius 1 is 1.45 bits per heavy atom. The second kappa shape index (κ2) is 3.22. The van der Waals surface area contributed by atoms with Gasteiger partial charge in [-0.25, -0.2) is 4.39 Å². The van der Waals surface area contributed by atoms with E-state index < -0.39 is 0 Å². The van der Waals surface area contributed by atoms with Gasteiger partial charge in [0.25, 0.3) is 0 Å². The highest BCUT2D eigenvalue weighted by Crippen LogP contribution is 2.21. The Hall–Kier alpha value is -0.560. The zero-order chi connectivity index (χ0) is 8.43. The molecule has 1 aromatic carbocycles. The standard InChI is InChI=1S/C9H10ClF/c1-3-7-8(10)5-4-6(2)9(7)11/h4-5H,3H2,1-2H3. The summed E-state index contributed by atoms with van der Waals surface area (Å²) >= 11 is 5.76. The maximum Gasteiger partial charge on any atom is 0.130 e. The number of hydrogen-bond acceptors (Lipinski definition) is 0. The van der Waals surface area contributed by atoms with E-state index in [0.717, 1.165) is 0 Å². The Labute approximate surface area is 71.0 Å². The second-order valence-electron chi connectivity index (χ2n) is 2.51. The van der Waals surface area contributed by atoms with Crippen LogP contribution < -0.4 is 0 Å². The first-order valence-corrected chi connectivity index (χ1v) is 3.98. The lowest BCUT2D eigenvalue weighted by Crippen LogP contribution is -1.92. The summed E-state index contributed by atoms with van der Waals surface area (Å²) in [5.41, 5.74) is 1.28. The topological polar surface area (TPSA) is 0 Å². The molecular weight excluding hydrogens is 163 g/mol. The second-order valence-corrected chi connectivity index (χ2v) is 2.92. The van der Waals surface area contributed by atoms with E-state index >= 15 is 0 Å². The molecule has 0 N–H and O–H groups in total. The number of rotatable bonds is 1. The fourth-order valence-electron chi connectivity index (χ4n) is 1.04. The van der Waals surface area contributed by atoms with E-state index in [-0.39, 0.29) is 5.82 Å². The molecule has 0 heterocycles. The van der Waals surface area contributed by atoms with Gasteiger partial charge < -0.3 is 0 Å². The average Bonchev–Trinajstić information content (AvgIpc) is 1.99. The van der Waals surface area contributed by atoms with Crippen molar-refractivity contribution in [3.8, 4) is 0 Å². The van der Waals surface area contributed by atoms with Crippen LogP contribution in [0.25, 0.3) is 0 Å². The van der Waals surface area contributed by atoms with Crippen LogP contribution >= 0.6 is 11.6 Å². The van der Waals surface area contributed by atoms with E-state index in [0.29, 0.717) is 22.6 Å². The molecule has 60 valence electrons. The van der Waals surface area contributed by atoms with E-state index in [1.54, 1.807) is 19.1 Å². The van der Waals surface area contributed by atoms with Crippen LogP contribution in [0.15, 0.2) is 12.1 Å². The minimum atomic E-state index is -0.167. The number of benzene rings is 1. The van der Waals surface area contributed by atoms with Gasteiger partial charge in [-0.05, 0) is 25.0 Å². The van der Waals surface area contributed by atoms with Crippen molar-refractivity contribution >= 4 is 11.6 Å². The first-order chi connectivity index (χ1) is 5.16. The molecule has 0 amide bonds. The van der Waals surface area contributed by atoms with Gasteiger partial charge in [0, 0.05) is 10.6 Å². The molecule has 0 atom stereocenters. The van der Waals surface area contributed by atoms with Crippen LogP contribution in [0.3, 0.4) is 0 Å². The summed E-state index contributed by atoms with van der Waals surface area (Å²) in [6, 6.07) is 3.43. The fraction of sp³-hybridized carbons (Fsp3) is 0.333. The molecule has 11 heavy (non-hydrogen) atoms. The fourth-order valence-corrected chi connectivity index (χ4v) is 1.32. The lowest BCUT2D eigenvalue weighted by Gasteiger charge is -2.04. The van der Waals surface area contributed by atoms with Crippen LogP contribution in [0.1, 0.15) is 18.1 Å². The number of halogens is 2. The van der Waals surface area contributed by atoms with Crippen molar-refractivity contribution in [2.45, 2.75) is 20.3 Å². The Morgan fingerprint density at radius 3 is 2.55 bits per heavy atom. The van der Waals surface area contributed by atoms with Gasteiger partial charge in [0.05, 0.1) is 0 Å². The third-order valence-corrected chi connectivity index (χ3v) is 2.09. The molecule has 0 saturated carbocycles. The average molecular weight is 173 g/mol. The Morgan fingerprint density at radius 2 is 2.09 bits per heavy atom. The van der Waals surface area contributed by atoms with Crippen molar-refractivity contribution in [3.05, 3.63) is 34.1 Å². The molecule has 1 aromatic rings. The van der Waals surface area contributed by atoms with Gasteiger partial charge in [0.1, 0.15) is 5.82 Å². The van der Waals surface area contributed by atoms with Crippen molar-refractivity contribution < 1.29 is 4.39 Å². The number of hydrogen-bond donors (Lipinski definition) is 0. The van der Waals surface area contributed by atoms with E-state index in [1.807, 2.05) is 6.92 Å². The molecule has 0 fully saturated rings. The predicted molar refractivity (Wildman–Crippen MR) is 45.5 cm³/mol. The quantitative estimate of drug-likeness (QED) is 0.610. The molecular formula is C9H10ClF. The molecule has 0 aliphatic heterocycles. The summed E-state index contributed by atoms with van der Waals surface area (Å²) in [7, 11) is 0. The van der Waals surface area contributed by atoms with Crippen LogP contribution in [-0.4, -0.2) is 0 Å². The summed E-state index contributed by atoms with van der Waals surface area (Å²) in [4.78, 5) is 0. The summed E-state index contributed by atoms with van der Waals surface area (Å²) in [5.74, 6) is -0.167. The van der Waals surface area contributed by atoms with Crippen LogP contribution in [0.4, 0.5) is 4.39 Å². The molecule has 0 aliphatic carbocycles. The maximum absolute atomic E-state index is 13.2. The SMILES string of the molecule is CCc1c(Cl)ccc(C)c1F. The summed E-state index contributed by atoms with van der Waals surface area (Å²) in [6.07, 6.45) is 0.645. The van der Waals surface area contributed by atoms with Gasteiger partial charge in [-0.1, -0.05) is 24.6 Å². The smallest absolute Gasteiger partial charge is 0.130 e. The van der Waals surface area contributed by atoms with Crippen LogP contribution in [0.2, 0.25) is 5.02 Å². The van der Waals surface area contributed by atoms with Crippen molar-refractivity contribution in [2.24, 2.45) is 0 Å². The maximum atomic E-state index is 13.2. The first-order valence-electron chi connectivity index (χ1n) is 3.60. The Bertz CT molecular complexity index is 269. The monoisotopic (exact) mass is 172 g/mol. The van der Waals surface area contributed by atoms with E-state index in [2.05, 4.69) is 0 Å². The van der Waals surface area contributed by atoms with Crippen LogP contribution in [-0.2, 0) is 6.42 Å². The molecule has 0 bridgehead atoms. The normalized spacial score (nSPS) is 10.2. The molecule has 0 aliphatic rings. The summed E-state index contributed by atoms with van der Waals surface area (Å²) < 4.78 is 13.2. The van der Waals surface area contributed by atoms with Crippen molar-refractivity contribution in [1.29, 1.82) is 0 Å². The number of aryl methyl sites for hydroxylation is 1. The lowest BCUT2D eigenvalue weighted by molar-refractivity contribution is 0.603. The minimum Gasteiger partial charge on any atom is -0.206 e. The molecule has 2 heteroatoms. The zero-order valence-corrected chi connectivity index (χ0v) is 7.37. The molecule has 0 aromatic heterocycles. The molecule has 0 unspecified atom stereocenters. The van der Waals surface area contributed by atoms with Crippen LogP contribution in [0, 0.1) is 12.7 Å². The highest BCUT2D eigenvalue weighted by atomic mass is 35.5. The van der Waals surface area contributed by atoms with Gasteiger partial charge in [0.2, 0.25) is 0 Å². The summed E-state index contributed by atoms with van der Waals surface area (Å²) in [5, 5.41) is 0.524. The van der Waals surface area contributed by atoms with Gasteiger partial charge in [-0.3, -0.25) is 0 Å². The lowest BCUT2D eigenvalue weighted by atomic mass is 10.1. The third-order valence-electron chi connectivity index (χ3n) is 1.73. The minimum absolute atomic E-state index is 0.167. The van der Waals surface area contributed by atoms with Gasteiger partial charge in [-0.2, -0.15) is 0 Å². The molecule has 0 nitrogen and oxygen atoms in total. The molecule has 0 saturated heterocycles. The Balaban J connectivity index is 3.29. The highest BCUT2D eigenvalue weighted by Gasteiger charge is 2.06. The zero-order valence-electron chi connectivity index (χ0n) is 6.62. The van der Waals surface area contributed by atoms with Crippen molar-refractivity contribution in [2.75, 3.05) is 0 Å². The summed E-state index contributed by atoms with van der Waals surface area (Å²) in [6.45, 7) is 3.63. The van der Waals surface area contributed by atoms with Gasteiger partial charge in [0.15, 0.2) is 0 Å². The molecule has 1 rings (SSSR count). The Kier molecular flexibility index (Phi) is 2.50. The van der Waals surface area contributed by atoms with E-state index in [1.165, 1.54) is 0 Å². The third kappa shape index (κ3) is 1.54. The van der Waals surface area contributed by atoms with Gasteiger partial charge >= 0.3 is 0 Å². The van der Waals surface area contributed by atoms with Crippen molar-refractivity contribution in [3.63, 3.8) is 0 Å². The molecule has 0 spiro atoms. The first kappa shape index (κ1) is 8.54. The highest BCUT2D eigenvalue weighted by molar-refractivity contribution is 6.31. The van der Waals surface area contributed by atoms with Gasteiger partial charge in [-0.15, -0.1) is 0 Å². The molecule has 0 radical (unpaired) electrons. The van der Waals surface area contributed by atoms with Crippen LogP contribution in [0.5, 0.6) is 0 Å². The predicted octanol–water partition coefficient (Wildman–Crippen LogP) is 3.35.